The Labute approximate surface area is 204 Å². The summed E-state index contributed by atoms with van der Waals surface area (Å²) in [6.45, 7) is 0. The van der Waals surface area contributed by atoms with Crippen LogP contribution in [-0.4, -0.2) is 28.1 Å². The third-order valence-corrected chi connectivity index (χ3v) is 5.08. The van der Waals surface area contributed by atoms with Crippen molar-refractivity contribution in [1.29, 1.82) is 0 Å². The second-order valence-corrected chi connectivity index (χ2v) is 7.91. The predicted octanol–water partition coefficient (Wildman–Crippen LogP) is 5.40. The number of ether oxygens (including phenoxy) is 1. The number of aliphatic carboxylic acids is 1. The average molecular weight is 508 g/mol. The number of benzene rings is 3. The van der Waals surface area contributed by atoms with Crippen LogP contribution in [0.2, 0.25) is 10.0 Å². The first-order valence-corrected chi connectivity index (χ1v) is 10.2. The number of hydrogen-bond acceptors (Lipinski definition) is 6. The molecule has 1 heterocycles. The maximum Gasteiger partial charge on any atom is 0.343 e. The lowest BCUT2D eigenvalue weighted by Crippen LogP contribution is -2.32. The van der Waals surface area contributed by atoms with Gasteiger partial charge in [-0.05, 0) is 60.5 Å². The van der Waals surface area contributed by atoms with E-state index in [1.807, 2.05) is 0 Å². The van der Waals surface area contributed by atoms with Gasteiger partial charge in [-0.15, -0.1) is 12.4 Å². The fraction of sp³-hybridized carbons (Fsp3) is 0.0870. The number of carboxylic acid groups (broad SMARTS) is 1. The lowest BCUT2D eigenvalue weighted by molar-refractivity contribution is -0.138. The van der Waals surface area contributed by atoms with Gasteiger partial charge in [0.15, 0.2) is 5.58 Å². The molecule has 0 amide bonds. The quantitative estimate of drug-likeness (QED) is 0.265. The van der Waals surface area contributed by atoms with Crippen molar-refractivity contribution >= 4 is 58.6 Å². The van der Waals surface area contributed by atoms with Gasteiger partial charge in [-0.2, -0.15) is 0 Å². The Kier molecular flexibility index (Phi) is 7.61. The number of nitrogens with zero attached hydrogens (tertiary/aromatic N) is 1. The van der Waals surface area contributed by atoms with Crippen molar-refractivity contribution in [3.8, 4) is 17.2 Å². The molecule has 7 nitrogen and oxygen atoms in total. The Hall–Kier alpha value is -3.10. The van der Waals surface area contributed by atoms with E-state index in [0.29, 0.717) is 38.3 Å². The van der Waals surface area contributed by atoms with Gasteiger partial charge in [-0.25, -0.2) is 9.78 Å². The zero-order valence-electron chi connectivity index (χ0n) is 16.8. The Morgan fingerprint density at radius 2 is 1.70 bits per heavy atom. The molecule has 0 saturated carbocycles. The van der Waals surface area contributed by atoms with Crippen molar-refractivity contribution < 1.29 is 23.8 Å². The largest absolute Gasteiger partial charge is 0.480 e. The molecule has 0 saturated heterocycles. The van der Waals surface area contributed by atoms with Crippen molar-refractivity contribution in [1.82, 2.24) is 4.98 Å². The lowest BCUT2D eigenvalue weighted by atomic mass is 10.1. The van der Waals surface area contributed by atoms with E-state index in [2.05, 4.69) is 4.98 Å². The minimum absolute atomic E-state index is 0. The number of oxazole rings is 1. The summed E-state index contributed by atoms with van der Waals surface area (Å²) in [4.78, 5) is 27.8. The summed E-state index contributed by atoms with van der Waals surface area (Å²) in [5, 5.41) is 9.80. The van der Waals surface area contributed by atoms with E-state index in [1.54, 1.807) is 60.7 Å². The highest BCUT2D eigenvalue weighted by atomic mass is 35.5. The highest BCUT2D eigenvalue weighted by Crippen LogP contribution is 2.30. The number of fused-ring (bicyclic) bond motifs is 1. The first-order valence-electron chi connectivity index (χ1n) is 9.45. The first kappa shape index (κ1) is 24.5. The van der Waals surface area contributed by atoms with Crippen molar-refractivity contribution in [3.05, 3.63) is 81.8 Å². The molecular formula is C23H17Cl3N2O5. The molecule has 0 aliphatic heterocycles. The Morgan fingerprint density at radius 1 is 1.03 bits per heavy atom. The van der Waals surface area contributed by atoms with Gasteiger partial charge in [0.25, 0.3) is 0 Å². The van der Waals surface area contributed by atoms with E-state index in [1.165, 1.54) is 0 Å². The van der Waals surface area contributed by atoms with Crippen LogP contribution in [0, 0.1) is 0 Å². The molecule has 3 aromatic carbocycles. The Bertz CT molecular complexity index is 1300. The van der Waals surface area contributed by atoms with Crippen LogP contribution in [0.4, 0.5) is 0 Å². The maximum atomic E-state index is 12.6. The first-order chi connectivity index (χ1) is 15.3. The molecule has 1 aromatic heterocycles. The normalized spacial score (nSPS) is 11.6. The number of carbonyl (C=O) groups excluding carboxylic acids is 1. The van der Waals surface area contributed by atoms with Crippen LogP contribution in [0.1, 0.15) is 15.9 Å². The van der Waals surface area contributed by atoms with Crippen molar-refractivity contribution in [3.63, 3.8) is 0 Å². The summed E-state index contributed by atoms with van der Waals surface area (Å²) >= 11 is 12.1. The minimum Gasteiger partial charge on any atom is -0.480 e. The number of hydrogen-bond donors (Lipinski definition) is 2. The van der Waals surface area contributed by atoms with Gasteiger partial charge in [0, 0.05) is 15.6 Å². The van der Waals surface area contributed by atoms with Gasteiger partial charge in [0.05, 0.1) is 5.56 Å². The molecule has 0 aliphatic carbocycles. The summed E-state index contributed by atoms with van der Waals surface area (Å²) in [6.07, 6.45) is 0.173. The highest BCUT2D eigenvalue weighted by Gasteiger charge is 2.15. The standard InChI is InChI=1S/C23H16Cl2N2O5.ClH/c24-15-8-14(9-16(25)11-15)21-27-19-6-3-13(10-20(19)32-21)23(30)31-17-4-1-12(2-5-17)7-18(26)22(28)29;/h1-6,8-11,18H,7,26H2,(H,28,29);1H. The molecule has 1 unspecified atom stereocenters. The van der Waals surface area contributed by atoms with Crippen molar-refractivity contribution in [2.45, 2.75) is 12.5 Å². The summed E-state index contributed by atoms with van der Waals surface area (Å²) < 4.78 is 11.2. The summed E-state index contributed by atoms with van der Waals surface area (Å²) in [5.74, 6) is -1.02. The van der Waals surface area contributed by atoms with E-state index in [4.69, 9.17) is 43.2 Å². The second kappa shape index (κ2) is 10.2. The summed E-state index contributed by atoms with van der Waals surface area (Å²) in [5.41, 5.74) is 8.11. The molecule has 0 spiro atoms. The van der Waals surface area contributed by atoms with Crippen LogP contribution < -0.4 is 10.5 Å². The van der Waals surface area contributed by atoms with Crippen molar-refractivity contribution in [2.75, 3.05) is 0 Å². The summed E-state index contributed by atoms with van der Waals surface area (Å²) in [7, 11) is 0. The monoisotopic (exact) mass is 506 g/mol. The summed E-state index contributed by atoms with van der Waals surface area (Å²) in [6, 6.07) is 15.2. The van der Waals surface area contributed by atoms with E-state index < -0.39 is 18.0 Å². The van der Waals surface area contributed by atoms with Crippen LogP contribution in [0.15, 0.2) is 65.1 Å². The molecule has 33 heavy (non-hydrogen) atoms. The molecule has 4 aromatic rings. The van der Waals surface area contributed by atoms with Crippen molar-refractivity contribution in [2.24, 2.45) is 5.73 Å². The fourth-order valence-electron chi connectivity index (χ4n) is 3.05. The van der Waals surface area contributed by atoms with Gasteiger partial charge >= 0.3 is 11.9 Å². The molecule has 0 aliphatic rings. The van der Waals surface area contributed by atoms with E-state index in [-0.39, 0.29) is 24.4 Å². The zero-order chi connectivity index (χ0) is 22.8. The molecule has 0 fully saturated rings. The fourth-order valence-corrected chi connectivity index (χ4v) is 3.58. The van der Waals surface area contributed by atoms with Crippen LogP contribution in [-0.2, 0) is 11.2 Å². The smallest absolute Gasteiger partial charge is 0.343 e. The molecule has 1 atom stereocenters. The van der Waals surface area contributed by atoms with Crippen LogP contribution in [0.5, 0.6) is 5.75 Å². The molecule has 10 heteroatoms. The van der Waals surface area contributed by atoms with E-state index >= 15 is 0 Å². The second-order valence-electron chi connectivity index (χ2n) is 7.04. The molecule has 4 rings (SSSR count). The Balaban J connectivity index is 0.00000306. The molecular weight excluding hydrogens is 491 g/mol. The van der Waals surface area contributed by atoms with Gasteiger partial charge < -0.3 is 20.0 Å². The minimum atomic E-state index is -1.08. The van der Waals surface area contributed by atoms with Crippen LogP contribution >= 0.6 is 35.6 Å². The number of carbonyl (C=O) groups is 2. The maximum absolute atomic E-state index is 12.6. The van der Waals surface area contributed by atoms with Crippen LogP contribution in [0.25, 0.3) is 22.6 Å². The number of halogens is 3. The molecule has 0 bridgehead atoms. The highest BCUT2D eigenvalue weighted by molar-refractivity contribution is 6.35. The third kappa shape index (κ3) is 5.83. The Morgan fingerprint density at radius 3 is 2.33 bits per heavy atom. The number of aromatic nitrogens is 1. The van der Waals surface area contributed by atoms with E-state index in [0.717, 1.165) is 5.56 Å². The average Bonchev–Trinajstić information content (AvgIpc) is 3.18. The lowest BCUT2D eigenvalue weighted by Gasteiger charge is -2.08. The zero-order valence-corrected chi connectivity index (χ0v) is 19.2. The predicted molar refractivity (Wildman–Crippen MR) is 127 cm³/mol. The number of nitrogens with two attached hydrogens (primary N) is 1. The van der Waals surface area contributed by atoms with Gasteiger partial charge in [-0.3, -0.25) is 4.79 Å². The number of carboxylic acids is 1. The topological polar surface area (TPSA) is 116 Å². The van der Waals surface area contributed by atoms with Crippen LogP contribution in [0.3, 0.4) is 0 Å². The van der Waals surface area contributed by atoms with Gasteiger partial charge in [0.1, 0.15) is 17.3 Å². The third-order valence-electron chi connectivity index (χ3n) is 4.64. The number of esters is 1. The SMILES string of the molecule is Cl.NC(Cc1ccc(OC(=O)c2ccc3nc(-c4cc(Cl)cc(Cl)c4)oc3c2)cc1)C(=O)O. The van der Waals surface area contributed by atoms with E-state index in [9.17, 15) is 9.59 Å². The molecule has 0 radical (unpaired) electrons. The number of rotatable bonds is 6. The van der Waals surface area contributed by atoms with Gasteiger partial charge in [-0.1, -0.05) is 35.3 Å². The molecule has 170 valence electrons. The molecule has 3 N–H and O–H groups in total. The van der Waals surface area contributed by atoms with Gasteiger partial charge in [0.2, 0.25) is 5.89 Å².